The van der Waals surface area contributed by atoms with Crippen molar-refractivity contribution >= 4 is 50.7 Å². The molecule has 2 heterocycles. The van der Waals surface area contributed by atoms with E-state index in [9.17, 15) is 9.59 Å². The van der Waals surface area contributed by atoms with Crippen molar-refractivity contribution in [3.05, 3.63) is 64.8 Å². The molecule has 0 spiro atoms. The number of anilines is 1. The number of benzene rings is 3. The van der Waals surface area contributed by atoms with E-state index < -0.39 is 5.60 Å². The Kier molecular flexibility index (Phi) is 7.10. The lowest BCUT2D eigenvalue weighted by Crippen LogP contribution is -2.30. The van der Waals surface area contributed by atoms with Gasteiger partial charge in [0.05, 0.1) is 12.8 Å². The SMILES string of the molecule is CCCc1cc2[nH]c(C(=O)N3C[C@@H](CCl)c4c3cc(OC(C)(C)C)c3ccc(OC)cc43)cc2cc1C(C)=O. The van der Waals surface area contributed by atoms with E-state index in [2.05, 4.69) is 11.9 Å². The molecule has 3 aromatic carbocycles. The topological polar surface area (TPSA) is 71.6 Å². The number of nitrogens with zero attached hydrogens (tertiary/aromatic N) is 1. The zero-order valence-corrected chi connectivity index (χ0v) is 24.2. The molecule has 0 unspecified atom stereocenters. The molecule has 4 aromatic rings. The first-order valence-corrected chi connectivity index (χ1v) is 14.0. The van der Waals surface area contributed by atoms with E-state index in [0.717, 1.165) is 57.1 Å². The molecule has 1 aliphatic heterocycles. The second-order valence-corrected chi connectivity index (χ2v) is 11.6. The number of carbonyl (C=O) groups is 2. The number of aromatic amines is 1. The number of methoxy groups -OCH3 is 1. The number of rotatable bonds is 7. The Morgan fingerprint density at radius 2 is 1.87 bits per heavy atom. The predicted molar refractivity (Wildman–Crippen MR) is 158 cm³/mol. The highest BCUT2D eigenvalue weighted by Gasteiger charge is 2.36. The van der Waals surface area contributed by atoms with Crippen molar-refractivity contribution < 1.29 is 19.1 Å². The van der Waals surface area contributed by atoms with Crippen LogP contribution < -0.4 is 14.4 Å². The number of Topliss-reactive ketones (excluding diaryl/α,β-unsaturated/α-hetero) is 1. The fourth-order valence-corrected chi connectivity index (χ4v) is 5.84. The van der Waals surface area contributed by atoms with Gasteiger partial charge < -0.3 is 19.4 Å². The number of ketones is 1. The Morgan fingerprint density at radius 1 is 1.10 bits per heavy atom. The Morgan fingerprint density at radius 3 is 2.51 bits per heavy atom. The van der Waals surface area contributed by atoms with Crippen LogP contribution in [0.25, 0.3) is 21.7 Å². The number of alkyl halides is 1. The van der Waals surface area contributed by atoms with E-state index in [1.54, 1.807) is 18.9 Å². The van der Waals surface area contributed by atoms with Crippen LogP contribution in [0.5, 0.6) is 11.5 Å². The summed E-state index contributed by atoms with van der Waals surface area (Å²) in [6.07, 6.45) is 1.73. The quantitative estimate of drug-likeness (QED) is 0.191. The first-order valence-electron chi connectivity index (χ1n) is 13.4. The third-order valence-electron chi connectivity index (χ3n) is 7.25. The number of fused-ring (bicyclic) bond motifs is 4. The summed E-state index contributed by atoms with van der Waals surface area (Å²) in [7, 11) is 1.64. The lowest BCUT2D eigenvalue weighted by Gasteiger charge is -2.25. The van der Waals surface area contributed by atoms with Crippen molar-refractivity contribution in [3.63, 3.8) is 0 Å². The molecule has 1 atom stereocenters. The highest BCUT2D eigenvalue weighted by molar-refractivity contribution is 6.19. The monoisotopic (exact) mass is 546 g/mol. The van der Waals surface area contributed by atoms with Crippen molar-refractivity contribution in [2.45, 2.75) is 59.0 Å². The average Bonchev–Trinajstić information content (AvgIpc) is 3.48. The van der Waals surface area contributed by atoms with Gasteiger partial charge in [0.25, 0.3) is 5.91 Å². The fourth-order valence-electron chi connectivity index (χ4n) is 5.59. The molecule has 0 saturated heterocycles. The lowest BCUT2D eigenvalue weighted by atomic mass is 9.95. The van der Waals surface area contributed by atoms with E-state index in [1.807, 2.05) is 63.2 Å². The summed E-state index contributed by atoms with van der Waals surface area (Å²) >= 11 is 6.49. The van der Waals surface area contributed by atoms with Crippen molar-refractivity contribution in [3.8, 4) is 11.5 Å². The molecule has 1 aliphatic rings. The highest BCUT2D eigenvalue weighted by atomic mass is 35.5. The molecule has 0 radical (unpaired) electrons. The number of halogens is 1. The second-order valence-electron chi connectivity index (χ2n) is 11.3. The van der Waals surface area contributed by atoms with Crippen LogP contribution in [0.2, 0.25) is 0 Å². The van der Waals surface area contributed by atoms with Crippen molar-refractivity contribution in [1.82, 2.24) is 4.98 Å². The minimum absolute atomic E-state index is 0.0292. The molecule has 0 fully saturated rings. The molecular formula is C32H35ClN2O4. The number of ether oxygens (including phenoxy) is 2. The van der Waals surface area contributed by atoms with Crippen LogP contribution in [0.1, 0.15) is 78.9 Å². The fraction of sp³-hybridized carbons (Fsp3) is 0.375. The van der Waals surface area contributed by atoms with E-state index >= 15 is 0 Å². The van der Waals surface area contributed by atoms with Gasteiger partial charge in [-0.25, -0.2) is 0 Å². The maximum Gasteiger partial charge on any atom is 0.274 e. The van der Waals surface area contributed by atoms with Crippen LogP contribution >= 0.6 is 11.6 Å². The Balaban J connectivity index is 1.65. The molecule has 0 saturated carbocycles. The molecular weight excluding hydrogens is 512 g/mol. The van der Waals surface area contributed by atoms with Gasteiger partial charge in [0, 0.05) is 46.3 Å². The predicted octanol–water partition coefficient (Wildman–Crippen LogP) is 7.64. The van der Waals surface area contributed by atoms with Crippen LogP contribution in [0.3, 0.4) is 0 Å². The number of aryl methyl sites for hydroxylation is 1. The van der Waals surface area contributed by atoms with Gasteiger partial charge >= 0.3 is 0 Å². The first kappa shape index (κ1) is 27.1. The maximum absolute atomic E-state index is 14.0. The Bertz CT molecular complexity index is 1600. The maximum atomic E-state index is 14.0. The van der Waals surface area contributed by atoms with Crippen molar-refractivity contribution in [2.75, 3.05) is 24.4 Å². The molecule has 6 nitrogen and oxygen atoms in total. The van der Waals surface area contributed by atoms with Gasteiger partial charge in [-0.05, 0) is 87.0 Å². The Hall–Kier alpha value is -3.51. The van der Waals surface area contributed by atoms with Gasteiger partial charge in [-0.15, -0.1) is 11.6 Å². The molecule has 204 valence electrons. The second kappa shape index (κ2) is 10.2. The minimum Gasteiger partial charge on any atom is -0.497 e. The summed E-state index contributed by atoms with van der Waals surface area (Å²) in [5.41, 5.74) is 4.41. The number of hydrogen-bond donors (Lipinski definition) is 1. The van der Waals surface area contributed by atoms with E-state index in [4.69, 9.17) is 21.1 Å². The summed E-state index contributed by atoms with van der Waals surface area (Å²) < 4.78 is 11.9. The van der Waals surface area contributed by atoms with Gasteiger partial charge in [0.1, 0.15) is 22.8 Å². The summed E-state index contributed by atoms with van der Waals surface area (Å²) in [5.74, 6) is 1.65. The summed E-state index contributed by atoms with van der Waals surface area (Å²) in [6, 6.07) is 13.6. The normalized spacial score (nSPS) is 15.2. The standard InChI is InChI=1S/C32H35ClN2O4/c1-7-8-19-12-26-20(11-24(19)18(2)36)13-27(34-26)31(37)35-17-21(16-33)30-25-14-22(38-6)9-10-23(25)29(15-28(30)35)39-32(3,4)5/h9-15,21,34H,7-8,16-17H2,1-6H3/t21-/m1/s1. The minimum atomic E-state index is -0.428. The first-order chi connectivity index (χ1) is 18.5. The molecule has 7 heteroatoms. The lowest BCUT2D eigenvalue weighted by molar-refractivity contribution is 0.0982. The van der Waals surface area contributed by atoms with E-state index in [-0.39, 0.29) is 17.6 Å². The molecule has 1 N–H and O–H groups in total. The van der Waals surface area contributed by atoms with Gasteiger partial charge in [0.15, 0.2) is 5.78 Å². The van der Waals surface area contributed by atoms with Crippen molar-refractivity contribution in [2.24, 2.45) is 0 Å². The van der Waals surface area contributed by atoms with E-state index in [1.165, 1.54) is 0 Å². The zero-order chi connectivity index (χ0) is 28.1. The molecule has 39 heavy (non-hydrogen) atoms. The molecule has 1 aromatic heterocycles. The average molecular weight is 547 g/mol. The molecule has 5 rings (SSSR count). The third-order valence-corrected chi connectivity index (χ3v) is 7.62. The van der Waals surface area contributed by atoms with Gasteiger partial charge in [-0.2, -0.15) is 0 Å². The Labute approximate surface area is 234 Å². The van der Waals surface area contributed by atoms with Crippen LogP contribution in [0, 0.1) is 0 Å². The van der Waals surface area contributed by atoms with Gasteiger partial charge in [-0.3, -0.25) is 9.59 Å². The number of nitrogens with one attached hydrogen (secondary N) is 1. The zero-order valence-electron chi connectivity index (χ0n) is 23.4. The van der Waals surface area contributed by atoms with Crippen LogP contribution in [-0.4, -0.2) is 41.8 Å². The van der Waals surface area contributed by atoms with E-state index in [0.29, 0.717) is 29.4 Å². The molecule has 1 amide bonds. The largest absolute Gasteiger partial charge is 0.497 e. The molecule has 0 bridgehead atoms. The number of carbonyl (C=O) groups excluding carboxylic acids is 2. The van der Waals surface area contributed by atoms with Crippen LogP contribution in [0.15, 0.2) is 42.5 Å². The number of H-pyrrole nitrogens is 1. The molecule has 0 aliphatic carbocycles. The van der Waals surface area contributed by atoms with Crippen molar-refractivity contribution in [1.29, 1.82) is 0 Å². The van der Waals surface area contributed by atoms with Crippen LogP contribution in [-0.2, 0) is 6.42 Å². The number of aromatic nitrogens is 1. The summed E-state index contributed by atoms with van der Waals surface area (Å²) in [4.78, 5) is 31.5. The van der Waals surface area contributed by atoms with Gasteiger partial charge in [0.2, 0.25) is 0 Å². The highest BCUT2D eigenvalue weighted by Crippen LogP contribution is 2.47. The number of amides is 1. The van der Waals surface area contributed by atoms with Gasteiger partial charge in [-0.1, -0.05) is 13.3 Å². The third kappa shape index (κ3) is 4.98. The van der Waals surface area contributed by atoms with Crippen LogP contribution in [0.4, 0.5) is 5.69 Å². The summed E-state index contributed by atoms with van der Waals surface area (Å²) in [6.45, 7) is 10.2. The summed E-state index contributed by atoms with van der Waals surface area (Å²) in [5, 5.41) is 2.77. The number of hydrogen-bond acceptors (Lipinski definition) is 4. The smallest absolute Gasteiger partial charge is 0.274 e.